The molecular weight excluding hydrogens is 372 g/mol. The molecule has 156 valence electrons. The van der Waals surface area contributed by atoms with Gasteiger partial charge in [-0.1, -0.05) is 12.2 Å². The van der Waals surface area contributed by atoms with Crippen molar-refractivity contribution in [1.82, 2.24) is 15.5 Å². The van der Waals surface area contributed by atoms with Gasteiger partial charge in [0, 0.05) is 33.2 Å². The van der Waals surface area contributed by atoms with Crippen molar-refractivity contribution in [3.63, 3.8) is 0 Å². The summed E-state index contributed by atoms with van der Waals surface area (Å²) < 4.78 is 10.4. The highest BCUT2D eigenvalue weighted by molar-refractivity contribution is 6.06. The number of nitrogens with one attached hydrogen (secondary N) is 2. The van der Waals surface area contributed by atoms with Crippen molar-refractivity contribution in [3.8, 4) is 0 Å². The lowest BCUT2D eigenvalue weighted by atomic mass is 9.85. The fourth-order valence-electron chi connectivity index (χ4n) is 4.65. The average Bonchev–Trinajstić information content (AvgIpc) is 3.49. The number of furan rings is 1. The van der Waals surface area contributed by atoms with Gasteiger partial charge in [-0.05, 0) is 30.4 Å². The molecule has 1 saturated carbocycles. The average molecular weight is 400 g/mol. The summed E-state index contributed by atoms with van der Waals surface area (Å²) in [6.45, 7) is 2.51. The first-order valence-electron chi connectivity index (χ1n) is 10.3. The van der Waals surface area contributed by atoms with Crippen LogP contribution < -0.4 is 10.6 Å². The van der Waals surface area contributed by atoms with Crippen LogP contribution in [0.2, 0.25) is 0 Å². The SMILES string of the molecule is COCCN=C(NCCc1ccco1)NCCN1C(=O)C2C3C=CC(C3)C2C1=O. The minimum atomic E-state index is -0.140. The molecule has 2 aliphatic carbocycles. The Morgan fingerprint density at radius 2 is 1.93 bits per heavy atom. The third-order valence-corrected chi connectivity index (χ3v) is 6.00. The predicted molar refractivity (Wildman–Crippen MR) is 107 cm³/mol. The Kier molecular flexibility index (Phi) is 5.99. The summed E-state index contributed by atoms with van der Waals surface area (Å²) in [6.07, 6.45) is 7.57. The number of aliphatic imine (C=N–C) groups is 1. The zero-order valence-electron chi connectivity index (χ0n) is 16.7. The summed E-state index contributed by atoms with van der Waals surface area (Å²) in [7, 11) is 1.64. The number of likely N-dealkylation sites (tertiary alicyclic amines) is 1. The van der Waals surface area contributed by atoms with Gasteiger partial charge in [0.1, 0.15) is 5.76 Å². The summed E-state index contributed by atoms with van der Waals surface area (Å²) >= 11 is 0. The van der Waals surface area contributed by atoms with Gasteiger partial charge in [0.25, 0.3) is 0 Å². The van der Waals surface area contributed by atoms with Crippen molar-refractivity contribution < 1.29 is 18.7 Å². The first-order chi connectivity index (χ1) is 14.2. The third kappa shape index (κ3) is 4.07. The number of fused-ring (bicyclic) bond motifs is 5. The molecule has 4 unspecified atom stereocenters. The lowest BCUT2D eigenvalue weighted by Crippen LogP contribution is -2.44. The van der Waals surface area contributed by atoms with E-state index in [1.54, 1.807) is 13.4 Å². The van der Waals surface area contributed by atoms with E-state index in [0.717, 1.165) is 18.6 Å². The normalized spacial score (nSPS) is 27.8. The number of allylic oxidation sites excluding steroid dienone is 2. The van der Waals surface area contributed by atoms with Gasteiger partial charge < -0.3 is 19.8 Å². The molecule has 1 aromatic heterocycles. The molecule has 8 nitrogen and oxygen atoms in total. The van der Waals surface area contributed by atoms with Crippen molar-refractivity contribution >= 4 is 17.8 Å². The molecule has 8 heteroatoms. The van der Waals surface area contributed by atoms with Gasteiger partial charge in [-0.25, -0.2) is 0 Å². The number of carbonyl (C=O) groups excluding carboxylic acids is 2. The quantitative estimate of drug-likeness (QED) is 0.209. The van der Waals surface area contributed by atoms with Crippen molar-refractivity contribution in [1.29, 1.82) is 0 Å². The number of nitrogens with zero attached hydrogens (tertiary/aromatic N) is 2. The monoisotopic (exact) mass is 400 g/mol. The van der Waals surface area contributed by atoms with Crippen LogP contribution in [0.15, 0.2) is 40.0 Å². The summed E-state index contributed by atoms with van der Waals surface area (Å²) in [4.78, 5) is 31.4. The van der Waals surface area contributed by atoms with Crippen LogP contribution in [0.25, 0.3) is 0 Å². The van der Waals surface area contributed by atoms with Gasteiger partial charge in [0.15, 0.2) is 5.96 Å². The molecule has 0 radical (unpaired) electrons. The second-order valence-corrected chi connectivity index (χ2v) is 7.73. The molecule has 3 aliphatic rings. The number of carbonyl (C=O) groups is 2. The topological polar surface area (TPSA) is 96.2 Å². The molecular formula is C21H28N4O4. The maximum absolute atomic E-state index is 12.7. The van der Waals surface area contributed by atoms with Gasteiger partial charge in [-0.15, -0.1) is 0 Å². The molecule has 2 N–H and O–H groups in total. The molecule has 1 aliphatic heterocycles. The molecule has 4 atom stereocenters. The van der Waals surface area contributed by atoms with Gasteiger partial charge in [-0.3, -0.25) is 19.5 Å². The summed E-state index contributed by atoms with van der Waals surface area (Å²) in [5.41, 5.74) is 0. The number of guanidine groups is 1. The van der Waals surface area contributed by atoms with Crippen LogP contribution in [-0.2, 0) is 20.7 Å². The standard InChI is InChI=1S/C21H28N4O4/c1-28-12-9-24-21(22-7-6-16-3-2-11-29-16)23-8-10-25-19(26)17-14-4-5-15(13-14)18(17)20(25)27/h2-5,11,14-15,17-18H,6-10,12-13H2,1H3,(H2,22,23,24). The lowest BCUT2D eigenvalue weighted by molar-refractivity contribution is -0.140. The second-order valence-electron chi connectivity index (χ2n) is 7.73. The molecule has 2 heterocycles. The van der Waals surface area contributed by atoms with E-state index in [0.29, 0.717) is 38.7 Å². The smallest absolute Gasteiger partial charge is 0.233 e. The first kappa shape index (κ1) is 19.7. The van der Waals surface area contributed by atoms with Crippen LogP contribution in [0, 0.1) is 23.7 Å². The number of methoxy groups -OCH3 is 1. The van der Waals surface area contributed by atoms with Gasteiger partial charge in [-0.2, -0.15) is 0 Å². The molecule has 2 fully saturated rings. The Hall–Kier alpha value is -2.61. The number of imide groups is 1. The number of ether oxygens (including phenoxy) is 1. The van der Waals surface area contributed by atoms with Crippen LogP contribution in [0.3, 0.4) is 0 Å². The maximum Gasteiger partial charge on any atom is 0.233 e. The number of amides is 2. The minimum Gasteiger partial charge on any atom is -0.469 e. The van der Waals surface area contributed by atoms with E-state index in [9.17, 15) is 9.59 Å². The number of hydrogen-bond donors (Lipinski definition) is 2. The van der Waals surface area contributed by atoms with Gasteiger partial charge in [0.2, 0.25) is 11.8 Å². The molecule has 29 heavy (non-hydrogen) atoms. The highest BCUT2D eigenvalue weighted by Gasteiger charge is 2.58. The maximum atomic E-state index is 12.7. The molecule has 1 aromatic rings. The fourth-order valence-corrected chi connectivity index (χ4v) is 4.65. The van der Waals surface area contributed by atoms with Gasteiger partial charge in [0.05, 0.1) is 31.3 Å². The molecule has 2 amide bonds. The zero-order chi connectivity index (χ0) is 20.2. The van der Waals surface area contributed by atoms with Crippen LogP contribution in [0.1, 0.15) is 12.2 Å². The molecule has 0 spiro atoms. The summed E-state index contributed by atoms with van der Waals surface area (Å²) in [5, 5.41) is 6.48. The van der Waals surface area contributed by atoms with E-state index in [1.807, 2.05) is 12.1 Å². The Morgan fingerprint density at radius 1 is 1.21 bits per heavy atom. The Bertz CT molecular complexity index is 759. The van der Waals surface area contributed by atoms with Crippen LogP contribution in [0.5, 0.6) is 0 Å². The molecule has 1 saturated heterocycles. The Labute approximate surface area is 170 Å². The Morgan fingerprint density at radius 3 is 2.59 bits per heavy atom. The highest BCUT2D eigenvalue weighted by atomic mass is 16.5. The van der Waals surface area contributed by atoms with Crippen LogP contribution >= 0.6 is 0 Å². The Balaban J connectivity index is 1.27. The van der Waals surface area contributed by atoms with Crippen molar-refractivity contribution in [2.24, 2.45) is 28.7 Å². The van der Waals surface area contributed by atoms with Crippen molar-refractivity contribution in [2.75, 3.05) is 39.9 Å². The molecule has 0 aromatic carbocycles. The predicted octanol–water partition coefficient (Wildman–Crippen LogP) is 0.811. The highest BCUT2D eigenvalue weighted by Crippen LogP contribution is 2.52. The fraction of sp³-hybridized carbons (Fsp3) is 0.571. The second kappa shape index (κ2) is 8.82. The van der Waals surface area contributed by atoms with E-state index in [1.165, 1.54) is 4.90 Å². The van der Waals surface area contributed by atoms with Gasteiger partial charge >= 0.3 is 0 Å². The summed E-state index contributed by atoms with van der Waals surface area (Å²) in [6, 6.07) is 3.79. The van der Waals surface area contributed by atoms with E-state index in [4.69, 9.17) is 9.15 Å². The van der Waals surface area contributed by atoms with E-state index < -0.39 is 0 Å². The van der Waals surface area contributed by atoms with E-state index in [-0.39, 0.29) is 35.5 Å². The van der Waals surface area contributed by atoms with E-state index in [2.05, 4.69) is 27.8 Å². The molecule has 4 rings (SSSR count). The first-order valence-corrected chi connectivity index (χ1v) is 10.3. The summed E-state index contributed by atoms with van der Waals surface area (Å²) in [5.74, 6) is 1.72. The lowest BCUT2D eigenvalue weighted by Gasteiger charge is -2.19. The molecule has 2 bridgehead atoms. The van der Waals surface area contributed by atoms with Crippen LogP contribution in [-0.4, -0.2) is 62.6 Å². The minimum absolute atomic E-state index is 0.0118. The third-order valence-electron chi connectivity index (χ3n) is 6.00. The number of hydrogen-bond acceptors (Lipinski definition) is 5. The van der Waals surface area contributed by atoms with Crippen molar-refractivity contribution in [3.05, 3.63) is 36.3 Å². The number of rotatable bonds is 9. The zero-order valence-corrected chi connectivity index (χ0v) is 16.7. The van der Waals surface area contributed by atoms with Crippen LogP contribution in [0.4, 0.5) is 0 Å². The largest absolute Gasteiger partial charge is 0.469 e. The van der Waals surface area contributed by atoms with E-state index >= 15 is 0 Å². The van der Waals surface area contributed by atoms with Crippen molar-refractivity contribution in [2.45, 2.75) is 12.8 Å².